The molecular weight excluding hydrogens is 248 g/mol. The molecule has 1 aromatic carbocycles. The Hall–Kier alpha value is -1.65. The zero-order valence-electron chi connectivity index (χ0n) is 11.2. The summed E-state index contributed by atoms with van der Waals surface area (Å²) in [6.07, 6.45) is -0.176. The van der Waals surface area contributed by atoms with Gasteiger partial charge in [-0.3, -0.25) is 0 Å². The van der Waals surface area contributed by atoms with Crippen LogP contribution in [0.15, 0.2) is 18.2 Å². The van der Waals surface area contributed by atoms with Crippen molar-refractivity contribution in [3.05, 3.63) is 23.8 Å². The third-order valence-electron chi connectivity index (χ3n) is 3.87. The van der Waals surface area contributed by atoms with E-state index in [4.69, 9.17) is 0 Å². The lowest BCUT2D eigenvalue weighted by Crippen LogP contribution is -2.40. The molecule has 102 valence electrons. The van der Waals surface area contributed by atoms with Crippen molar-refractivity contribution in [3.8, 4) is 0 Å². The van der Waals surface area contributed by atoms with E-state index in [0.29, 0.717) is 13.1 Å². The molecule has 1 fully saturated rings. The highest BCUT2D eigenvalue weighted by atomic mass is 19.3. The SMILES string of the molecule is Cc1cccc2c1nc(N1CCC(F)(F)CC1)n2C. The van der Waals surface area contributed by atoms with Crippen molar-refractivity contribution >= 4 is 17.0 Å². The molecule has 0 bridgehead atoms. The number of aryl methyl sites for hydroxylation is 2. The van der Waals surface area contributed by atoms with Crippen LogP contribution in [0.4, 0.5) is 14.7 Å². The Morgan fingerprint density at radius 1 is 1.21 bits per heavy atom. The third kappa shape index (κ3) is 2.07. The summed E-state index contributed by atoms with van der Waals surface area (Å²) in [5.74, 6) is -1.73. The average Bonchev–Trinajstić information content (AvgIpc) is 2.69. The van der Waals surface area contributed by atoms with E-state index >= 15 is 0 Å². The molecule has 1 aliphatic heterocycles. The van der Waals surface area contributed by atoms with Gasteiger partial charge in [0.15, 0.2) is 0 Å². The van der Waals surface area contributed by atoms with Crippen LogP contribution >= 0.6 is 0 Å². The van der Waals surface area contributed by atoms with Gasteiger partial charge in [0.05, 0.1) is 11.0 Å². The van der Waals surface area contributed by atoms with Gasteiger partial charge in [0.25, 0.3) is 5.92 Å². The van der Waals surface area contributed by atoms with Crippen LogP contribution in [0.1, 0.15) is 18.4 Å². The van der Waals surface area contributed by atoms with Crippen molar-refractivity contribution in [2.24, 2.45) is 7.05 Å². The minimum absolute atomic E-state index is 0.0881. The Morgan fingerprint density at radius 3 is 2.53 bits per heavy atom. The molecular formula is C14H17F2N3. The van der Waals surface area contributed by atoms with Crippen molar-refractivity contribution in [3.63, 3.8) is 0 Å². The maximum Gasteiger partial charge on any atom is 0.251 e. The predicted octanol–water partition coefficient (Wildman–Crippen LogP) is 3.12. The van der Waals surface area contributed by atoms with Crippen LogP contribution < -0.4 is 4.90 Å². The Kier molecular flexibility index (Phi) is 2.73. The Bertz CT molecular complexity index is 608. The van der Waals surface area contributed by atoms with Crippen LogP contribution in [0.5, 0.6) is 0 Å². The number of aromatic nitrogens is 2. The van der Waals surface area contributed by atoms with Gasteiger partial charge < -0.3 is 9.47 Å². The molecule has 0 atom stereocenters. The van der Waals surface area contributed by atoms with Crippen molar-refractivity contribution < 1.29 is 8.78 Å². The van der Waals surface area contributed by atoms with Gasteiger partial charge in [-0.2, -0.15) is 0 Å². The molecule has 2 heterocycles. The molecule has 1 aromatic heterocycles. The minimum Gasteiger partial charge on any atom is -0.342 e. The number of hydrogen-bond acceptors (Lipinski definition) is 2. The lowest BCUT2D eigenvalue weighted by Gasteiger charge is -2.32. The first kappa shape index (κ1) is 12.4. The molecule has 0 radical (unpaired) electrons. The second-order valence-electron chi connectivity index (χ2n) is 5.26. The number of hydrogen-bond donors (Lipinski definition) is 0. The molecule has 19 heavy (non-hydrogen) atoms. The van der Waals surface area contributed by atoms with E-state index in [2.05, 4.69) is 4.98 Å². The van der Waals surface area contributed by atoms with Crippen molar-refractivity contribution in [2.75, 3.05) is 18.0 Å². The van der Waals surface area contributed by atoms with Crippen LogP contribution in [-0.4, -0.2) is 28.6 Å². The number of anilines is 1. The summed E-state index contributed by atoms with van der Waals surface area (Å²) in [6, 6.07) is 6.02. The first-order valence-electron chi connectivity index (χ1n) is 6.53. The average molecular weight is 265 g/mol. The predicted molar refractivity (Wildman–Crippen MR) is 71.8 cm³/mol. The van der Waals surface area contributed by atoms with E-state index in [1.165, 1.54) is 0 Å². The summed E-state index contributed by atoms with van der Waals surface area (Å²) in [7, 11) is 1.94. The van der Waals surface area contributed by atoms with Crippen LogP contribution in [-0.2, 0) is 7.05 Å². The minimum atomic E-state index is -2.52. The maximum absolute atomic E-state index is 13.2. The number of halogens is 2. The lowest BCUT2D eigenvalue weighted by molar-refractivity contribution is -0.0223. The van der Waals surface area contributed by atoms with E-state index in [1.807, 2.05) is 41.6 Å². The number of piperidine rings is 1. The highest BCUT2D eigenvalue weighted by molar-refractivity contribution is 5.81. The quantitative estimate of drug-likeness (QED) is 0.790. The molecule has 0 unspecified atom stereocenters. The monoisotopic (exact) mass is 265 g/mol. The summed E-state index contributed by atoms with van der Waals surface area (Å²) in [5.41, 5.74) is 3.12. The zero-order chi connectivity index (χ0) is 13.6. The van der Waals surface area contributed by atoms with Crippen molar-refractivity contribution in [1.29, 1.82) is 0 Å². The third-order valence-corrected chi connectivity index (χ3v) is 3.87. The first-order chi connectivity index (χ1) is 8.98. The standard InChI is InChI=1S/C14H17F2N3/c1-10-4-3-5-11-12(10)17-13(18(11)2)19-8-6-14(15,16)7-9-19/h3-5H,6-9H2,1-2H3. The van der Waals surface area contributed by atoms with Gasteiger partial charge in [-0.05, 0) is 18.6 Å². The molecule has 0 aliphatic carbocycles. The van der Waals surface area contributed by atoms with E-state index in [1.54, 1.807) is 0 Å². The van der Waals surface area contributed by atoms with Gasteiger partial charge in [-0.1, -0.05) is 12.1 Å². The van der Waals surface area contributed by atoms with E-state index < -0.39 is 5.92 Å². The Morgan fingerprint density at radius 2 is 1.89 bits per heavy atom. The molecule has 0 saturated carbocycles. The van der Waals surface area contributed by atoms with Crippen LogP contribution in [0.25, 0.3) is 11.0 Å². The molecule has 0 spiro atoms. The molecule has 0 amide bonds. The Labute approximate surface area is 110 Å². The number of imidazole rings is 1. The molecule has 0 N–H and O–H groups in total. The number of alkyl halides is 2. The van der Waals surface area contributed by atoms with Gasteiger partial charge in [-0.15, -0.1) is 0 Å². The fraction of sp³-hybridized carbons (Fsp3) is 0.500. The van der Waals surface area contributed by atoms with Gasteiger partial charge in [0.2, 0.25) is 5.95 Å². The van der Waals surface area contributed by atoms with Crippen molar-refractivity contribution in [1.82, 2.24) is 9.55 Å². The molecule has 2 aromatic rings. The van der Waals surface area contributed by atoms with Gasteiger partial charge in [-0.25, -0.2) is 13.8 Å². The fourth-order valence-electron chi connectivity index (χ4n) is 2.66. The zero-order valence-corrected chi connectivity index (χ0v) is 11.2. The first-order valence-corrected chi connectivity index (χ1v) is 6.53. The molecule has 5 heteroatoms. The largest absolute Gasteiger partial charge is 0.342 e. The molecule has 3 rings (SSSR count). The number of para-hydroxylation sites is 1. The second kappa shape index (κ2) is 4.18. The van der Waals surface area contributed by atoms with Gasteiger partial charge in [0.1, 0.15) is 0 Å². The molecule has 1 saturated heterocycles. The van der Waals surface area contributed by atoms with E-state index in [9.17, 15) is 8.78 Å². The number of rotatable bonds is 1. The number of benzene rings is 1. The van der Waals surface area contributed by atoms with Crippen molar-refractivity contribution in [2.45, 2.75) is 25.7 Å². The number of nitrogens with zero attached hydrogens (tertiary/aromatic N) is 3. The topological polar surface area (TPSA) is 21.1 Å². The van der Waals surface area contributed by atoms with E-state index in [-0.39, 0.29) is 12.8 Å². The summed E-state index contributed by atoms with van der Waals surface area (Å²) in [5, 5.41) is 0. The fourth-order valence-corrected chi connectivity index (χ4v) is 2.66. The molecule has 1 aliphatic rings. The van der Waals surface area contributed by atoms with E-state index in [0.717, 1.165) is 22.5 Å². The second-order valence-corrected chi connectivity index (χ2v) is 5.26. The normalized spacial score (nSPS) is 19.1. The van der Waals surface area contributed by atoms with Gasteiger partial charge >= 0.3 is 0 Å². The summed E-state index contributed by atoms with van der Waals surface area (Å²) < 4.78 is 28.4. The summed E-state index contributed by atoms with van der Waals surface area (Å²) >= 11 is 0. The maximum atomic E-state index is 13.2. The van der Waals surface area contributed by atoms with Gasteiger partial charge in [0, 0.05) is 33.0 Å². The highest BCUT2D eigenvalue weighted by Gasteiger charge is 2.35. The molecule has 3 nitrogen and oxygen atoms in total. The summed E-state index contributed by atoms with van der Waals surface area (Å²) in [6.45, 7) is 2.75. The van der Waals surface area contributed by atoms with Crippen LogP contribution in [0, 0.1) is 6.92 Å². The summed E-state index contributed by atoms with van der Waals surface area (Å²) in [4.78, 5) is 6.58. The number of fused-ring (bicyclic) bond motifs is 1. The lowest BCUT2D eigenvalue weighted by atomic mass is 10.1. The highest BCUT2D eigenvalue weighted by Crippen LogP contribution is 2.31. The van der Waals surface area contributed by atoms with Crippen LogP contribution in [0.3, 0.4) is 0 Å². The smallest absolute Gasteiger partial charge is 0.251 e. The van der Waals surface area contributed by atoms with Crippen LogP contribution in [0.2, 0.25) is 0 Å². The Balaban J connectivity index is 1.98.